The molecule has 1 heterocycles. The highest BCUT2D eigenvalue weighted by molar-refractivity contribution is 9.10. The van der Waals surface area contributed by atoms with E-state index in [0.29, 0.717) is 16.9 Å². The van der Waals surface area contributed by atoms with E-state index < -0.39 is 17.2 Å². The van der Waals surface area contributed by atoms with Crippen LogP contribution in [0.4, 0.5) is 11.4 Å². The number of hydrogen-bond acceptors (Lipinski definition) is 5. The van der Waals surface area contributed by atoms with E-state index >= 15 is 0 Å². The standard InChI is InChI=1S/C31H27BrN4O3S/c1-36(24-13-14-27-26(17-24)34-19-40-27)29(38)25(16-20-6-3-2-4-7-20)31(30(33)39)15-5-8-21(18-31)28(37)35-23-11-9-22(32)10-12-23/h2-15,17,19,25H,16,18H2,1H3,(H2,33,39)(H,35,37). The van der Waals surface area contributed by atoms with Gasteiger partial charge in [-0.1, -0.05) is 64.5 Å². The Kier molecular flexibility index (Phi) is 7.95. The number of thiazole rings is 1. The van der Waals surface area contributed by atoms with E-state index in [1.165, 1.54) is 11.3 Å². The lowest BCUT2D eigenvalue weighted by atomic mass is 9.65. The third-order valence-electron chi connectivity index (χ3n) is 7.26. The monoisotopic (exact) mass is 614 g/mol. The lowest BCUT2D eigenvalue weighted by Gasteiger charge is -2.39. The first-order valence-corrected chi connectivity index (χ1v) is 14.3. The molecule has 0 aliphatic heterocycles. The largest absolute Gasteiger partial charge is 0.369 e. The number of hydrogen-bond donors (Lipinski definition) is 2. The number of rotatable bonds is 8. The van der Waals surface area contributed by atoms with Gasteiger partial charge >= 0.3 is 0 Å². The molecule has 1 aromatic heterocycles. The molecule has 3 aromatic carbocycles. The van der Waals surface area contributed by atoms with E-state index in [1.807, 2.05) is 60.7 Å². The first kappa shape index (κ1) is 27.5. The van der Waals surface area contributed by atoms with Crippen molar-refractivity contribution < 1.29 is 14.4 Å². The van der Waals surface area contributed by atoms with Gasteiger partial charge in [0.25, 0.3) is 5.91 Å². The molecular formula is C31H27BrN4O3S. The third kappa shape index (κ3) is 5.61. The highest BCUT2D eigenvalue weighted by Crippen LogP contribution is 2.42. The van der Waals surface area contributed by atoms with Crippen LogP contribution in [-0.2, 0) is 20.8 Å². The average molecular weight is 616 g/mol. The molecule has 3 N–H and O–H groups in total. The molecule has 2 atom stereocenters. The van der Waals surface area contributed by atoms with Crippen LogP contribution in [-0.4, -0.2) is 29.8 Å². The SMILES string of the molecule is CN(C(=O)C(Cc1ccccc1)C1(C(N)=O)C=CC=C(C(=O)Nc2ccc(Br)cc2)C1)c1ccc2scnc2c1. The third-order valence-corrected chi connectivity index (χ3v) is 8.60. The minimum Gasteiger partial charge on any atom is -0.369 e. The Morgan fingerprint density at radius 1 is 1.10 bits per heavy atom. The van der Waals surface area contributed by atoms with Gasteiger partial charge in [-0.15, -0.1) is 11.3 Å². The molecule has 1 aliphatic carbocycles. The van der Waals surface area contributed by atoms with E-state index in [4.69, 9.17) is 5.73 Å². The number of nitrogens with zero attached hydrogens (tertiary/aromatic N) is 2. The molecule has 40 heavy (non-hydrogen) atoms. The fraction of sp³-hybridized carbons (Fsp3) is 0.161. The van der Waals surface area contributed by atoms with E-state index in [0.717, 1.165) is 20.3 Å². The van der Waals surface area contributed by atoms with Crippen molar-refractivity contribution in [2.75, 3.05) is 17.3 Å². The molecule has 202 valence electrons. The van der Waals surface area contributed by atoms with Gasteiger partial charge in [0.2, 0.25) is 11.8 Å². The first-order valence-electron chi connectivity index (χ1n) is 12.7. The summed E-state index contributed by atoms with van der Waals surface area (Å²) in [7, 11) is 1.69. The van der Waals surface area contributed by atoms with Gasteiger partial charge in [0.05, 0.1) is 27.1 Å². The predicted molar refractivity (Wildman–Crippen MR) is 163 cm³/mol. The second-order valence-corrected chi connectivity index (χ2v) is 11.5. The maximum atomic E-state index is 14.3. The van der Waals surface area contributed by atoms with Crippen molar-refractivity contribution >= 4 is 66.6 Å². The van der Waals surface area contributed by atoms with Gasteiger partial charge < -0.3 is 16.0 Å². The molecule has 4 aromatic rings. The van der Waals surface area contributed by atoms with Crippen LogP contribution in [0.3, 0.4) is 0 Å². The number of amides is 3. The number of aromatic nitrogens is 1. The van der Waals surface area contributed by atoms with Crippen LogP contribution in [0.2, 0.25) is 0 Å². The highest BCUT2D eigenvalue weighted by atomic mass is 79.9. The van der Waals surface area contributed by atoms with Crippen LogP contribution in [0.1, 0.15) is 12.0 Å². The van der Waals surface area contributed by atoms with Crippen LogP contribution < -0.4 is 16.0 Å². The van der Waals surface area contributed by atoms with Crippen molar-refractivity contribution in [3.63, 3.8) is 0 Å². The second-order valence-electron chi connectivity index (χ2n) is 9.74. The molecule has 0 saturated carbocycles. The first-order chi connectivity index (χ1) is 19.3. The van der Waals surface area contributed by atoms with Gasteiger partial charge in [-0.2, -0.15) is 0 Å². The molecule has 0 fully saturated rings. The molecule has 7 nitrogen and oxygen atoms in total. The lowest BCUT2D eigenvalue weighted by Crippen LogP contribution is -2.51. The van der Waals surface area contributed by atoms with E-state index in [-0.39, 0.29) is 24.7 Å². The van der Waals surface area contributed by atoms with Crippen molar-refractivity contribution in [3.05, 3.63) is 112 Å². The summed E-state index contributed by atoms with van der Waals surface area (Å²) in [4.78, 5) is 46.8. The maximum absolute atomic E-state index is 14.3. The summed E-state index contributed by atoms with van der Waals surface area (Å²) in [6.07, 6.45) is 5.24. The number of carbonyl (C=O) groups excluding carboxylic acids is 3. The van der Waals surface area contributed by atoms with Crippen LogP contribution in [0, 0.1) is 11.3 Å². The Hall–Kier alpha value is -4.08. The number of anilines is 2. The number of carbonyl (C=O) groups is 3. The normalized spacial score (nSPS) is 17.2. The molecule has 0 bridgehead atoms. The number of allylic oxidation sites excluding steroid dienone is 2. The summed E-state index contributed by atoms with van der Waals surface area (Å²) in [6, 6.07) is 22.4. The fourth-order valence-electron chi connectivity index (χ4n) is 5.01. The molecule has 3 amide bonds. The molecule has 0 radical (unpaired) electrons. The topological polar surface area (TPSA) is 105 Å². The Morgan fingerprint density at radius 2 is 1.85 bits per heavy atom. The number of nitrogens with one attached hydrogen (secondary N) is 1. The zero-order valence-corrected chi connectivity index (χ0v) is 24.1. The van der Waals surface area contributed by atoms with Crippen molar-refractivity contribution in [2.24, 2.45) is 17.1 Å². The van der Waals surface area contributed by atoms with Crippen LogP contribution >= 0.6 is 27.3 Å². The number of primary amides is 1. The number of fused-ring (bicyclic) bond motifs is 1. The van der Waals surface area contributed by atoms with Crippen LogP contribution in [0.25, 0.3) is 10.2 Å². The van der Waals surface area contributed by atoms with Gasteiger partial charge in [-0.3, -0.25) is 14.4 Å². The number of nitrogens with two attached hydrogens (primary N) is 1. The summed E-state index contributed by atoms with van der Waals surface area (Å²) in [6.45, 7) is 0. The second kappa shape index (κ2) is 11.6. The van der Waals surface area contributed by atoms with Gasteiger partial charge in [0.15, 0.2) is 0 Å². The summed E-state index contributed by atoms with van der Waals surface area (Å²) < 4.78 is 1.90. The summed E-state index contributed by atoms with van der Waals surface area (Å²) in [5.41, 5.74) is 9.74. The number of benzene rings is 3. The van der Waals surface area contributed by atoms with Crippen molar-refractivity contribution in [1.82, 2.24) is 4.98 Å². The van der Waals surface area contributed by atoms with Crippen LogP contribution in [0.15, 0.2) is 107 Å². The molecule has 5 rings (SSSR count). The Morgan fingerprint density at radius 3 is 2.58 bits per heavy atom. The lowest BCUT2D eigenvalue weighted by molar-refractivity contribution is -0.136. The smallest absolute Gasteiger partial charge is 0.251 e. The number of halogens is 1. The van der Waals surface area contributed by atoms with E-state index in [2.05, 4.69) is 26.2 Å². The van der Waals surface area contributed by atoms with Gasteiger partial charge in [-0.25, -0.2) is 4.98 Å². The highest BCUT2D eigenvalue weighted by Gasteiger charge is 2.49. The zero-order chi connectivity index (χ0) is 28.3. The Bertz CT molecular complexity index is 1630. The van der Waals surface area contributed by atoms with Crippen LogP contribution in [0.5, 0.6) is 0 Å². The molecule has 9 heteroatoms. The minimum atomic E-state index is -1.42. The maximum Gasteiger partial charge on any atom is 0.251 e. The molecule has 2 unspecified atom stereocenters. The fourth-order valence-corrected chi connectivity index (χ4v) is 5.93. The molecule has 0 saturated heterocycles. The van der Waals surface area contributed by atoms with Crippen molar-refractivity contribution in [1.29, 1.82) is 0 Å². The molecule has 0 spiro atoms. The minimum absolute atomic E-state index is 0.0105. The van der Waals surface area contributed by atoms with Gasteiger partial charge in [-0.05, 0) is 60.9 Å². The summed E-state index contributed by atoms with van der Waals surface area (Å²) in [5.74, 6) is -2.17. The predicted octanol–water partition coefficient (Wildman–Crippen LogP) is 5.88. The molecule has 1 aliphatic rings. The average Bonchev–Trinajstić information content (AvgIpc) is 3.45. The van der Waals surface area contributed by atoms with Crippen molar-refractivity contribution in [3.8, 4) is 0 Å². The summed E-state index contributed by atoms with van der Waals surface area (Å²) >= 11 is 4.91. The zero-order valence-electron chi connectivity index (χ0n) is 21.7. The van der Waals surface area contributed by atoms with E-state index in [9.17, 15) is 14.4 Å². The van der Waals surface area contributed by atoms with Crippen molar-refractivity contribution in [2.45, 2.75) is 12.8 Å². The Labute approximate surface area is 244 Å². The summed E-state index contributed by atoms with van der Waals surface area (Å²) in [5, 5.41) is 2.88. The quantitative estimate of drug-likeness (QED) is 0.259. The molecular weight excluding hydrogens is 588 g/mol. The van der Waals surface area contributed by atoms with Gasteiger partial charge in [0.1, 0.15) is 0 Å². The van der Waals surface area contributed by atoms with Gasteiger partial charge in [0, 0.05) is 28.5 Å². The van der Waals surface area contributed by atoms with E-state index in [1.54, 1.807) is 47.8 Å². The Balaban J connectivity index is 1.49.